The standard InChI is InChI=1S/C27H21F3N2O6S/c1-37-21-10-8-18(13-22(21)38-2)31-24(34)19-11-16(5-9-20(19)33)12-23-25(35)32(26(36)39-23)14-15-3-6-17(7-4-15)27(28,29)30/h3-13,33H,14H2,1-2H3,(H,31,34). The maximum absolute atomic E-state index is 12.9. The molecule has 4 rings (SSSR count). The van der Waals surface area contributed by atoms with Crippen LogP contribution in [0.2, 0.25) is 0 Å². The van der Waals surface area contributed by atoms with Gasteiger partial charge in [-0.2, -0.15) is 13.2 Å². The lowest BCUT2D eigenvalue weighted by Crippen LogP contribution is -2.27. The Hall–Kier alpha value is -4.45. The fourth-order valence-electron chi connectivity index (χ4n) is 3.71. The first-order chi connectivity index (χ1) is 18.5. The average Bonchev–Trinajstić information content (AvgIpc) is 3.16. The number of carbonyl (C=O) groups excluding carboxylic acids is 3. The molecule has 1 aliphatic heterocycles. The number of hydrogen-bond acceptors (Lipinski definition) is 7. The monoisotopic (exact) mass is 558 g/mol. The second-order valence-corrected chi connectivity index (χ2v) is 9.26. The Morgan fingerprint density at radius 3 is 2.33 bits per heavy atom. The number of aromatic hydroxyl groups is 1. The van der Waals surface area contributed by atoms with Gasteiger partial charge < -0.3 is 19.9 Å². The number of hydrogen-bond donors (Lipinski definition) is 2. The summed E-state index contributed by atoms with van der Waals surface area (Å²) in [6, 6.07) is 13.0. The molecule has 0 aliphatic carbocycles. The van der Waals surface area contributed by atoms with Crippen molar-refractivity contribution in [3.8, 4) is 17.2 Å². The maximum atomic E-state index is 12.9. The van der Waals surface area contributed by atoms with Crippen LogP contribution in [0.1, 0.15) is 27.0 Å². The minimum atomic E-state index is -4.50. The van der Waals surface area contributed by atoms with Gasteiger partial charge in [0.1, 0.15) is 5.75 Å². The predicted molar refractivity (Wildman–Crippen MR) is 139 cm³/mol. The summed E-state index contributed by atoms with van der Waals surface area (Å²) in [5.41, 5.74) is 0.184. The first-order valence-corrected chi connectivity index (χ1v) is 12.1. The van der Waals surface area contributed by atoms with Gasteiger partial charge in [-0.3, -0.25) is 19.3 Å². The van der Waals surface area contributed by atoms with Crippen LogP contribution in [0, 0.1) is 0 Å². The number of nitrogens with zero attached hydrogens (tertiary/aromatic N) is 1. The van der Waals surface area contributed by atoms with Gasteiger partial charge in [-0.1, -0.05) is 18.2 Å². The van der Waals surface area contributed by atoms with Crippen molar-refractivity contribution in [3.63, 3.8) is 0 Å². The maximum Gasteiger partial charge on any atom is 0.416 e. The molecule has 39 heavy (non-hydrogen) atoms. The SMILES string of the molecule is COc1ccc(NC(=O)c2cc(C=C3SC(=O)N(Cc4ccc(C(F)(F)F)cc4)C3=O)ccc2O)cc1OC. The van der Waals surface area contributed by atoms with E-state index < -0.39 is 28.8 Å². The number of thioether (sulfide) groups is 1. The summed E-state index contributed by atoms with van der Waals surface area (Å²) in [5.74, 6) is -0.715. The quantitative estimate of drug-likeness (QED) is 0.347. The Bertz CT molecular complexity index is 1470. The average molecular weight is 559 g/mol. The molecule has 202 valence electrons. The Morgan fingerprint density at radius 1 is 1.00 bits per heavy atom. The van der Waals surface area contributed by atoms with Crippen LogP contribution in [-0.2, 0) is 17.5 Å². The van der Waals surface area contributed by atoms with E-state index in [2.05, 4.69) is 5.32 Å². The number of methoxy groups -OCH3 is 2. The molecule has 3 amide bonds. The van der Waals surface area contributed by atoms with Crippen LogP contribution >= 0.6 is 11.8 Å². The normalized spacial score (nSPS) is 14.6. The summed E-state index contributed by atoms with van der Waals surface area (Å²) >= 11 is 0.662. The number of benzene rings is 3. The van der Waals surface area contributed by atoms with Gasteiger partial charge in [-0.05, 0) is 65.4 Å². The minimum Gasteiger partial charge on any atom is -0.507 e. The van der Waals surface area contributed by atoms with Crippen molar-refractivity contribution in [2.75, 3.05) is 19.5 Å². The first kappa shape index (κ1) is 27.6. The Kier molecular flexibility index (Phi) is 7.86. The highest BCUT2D eigenvalue weighted by molar-refractivity contribution is 8.18. The molecule has 0 unspecified atom stereocenters. The molecule has 12 heteroatoms. The van der Waals surface area contributed by atoms with Crippen LogP contribution in [0.4, 0.5) is 23.7 Å². The van der Waals surface area contributed by atoms with Crippen molar-refractivity contribution in [3.05, 3.63) is 87.8 Å². The zero-order valence-corrected chi connectivity index (χ0v) is 21.4. The number of carbonyl (C=O) groups is 3. The molecular formula is C27H21F3N2O6S. The van der Waals surface area contributed by atoms with Crippen molar-refractivity contribution >= 4 is 40.6 Å². The van der Waals surface area contributed by atoms with Gasteiger partial charge in [-0.15, -0.1) is 0 Å². The van der Waals surface area contributed by atoms with Crippen molar-refractivity contribution in [1.29, 1.82) is 0 Å². The molecule has 0 saturated carbocycles. The zero-order valence-electron chi connectivity index (χ0n) is 20.5. The van der Waals surface area contributed by atoms with E-state index in [-0.39, 0.29) is 22.8 Å². The summed E-state index contributed by atoms with van der Waals surface area (Å²) in [5, 5.41) is 12.3. The number of nitrogens with one attached hydrogen (secondary N) is 1. The van der Waals surface area contributed by atoms with E-state index in [9.17, 15) is 32.7 Å². The van der Waals surface area contributed by atoms with Gasteiger partial charge >= 0.3 is 6.18 Å². The van der Waals surface area contributed by atoms with Gasteiger partial charge in [-0.25, -0.2) is 0 Å². The Labute approximate surface area is 225 Å². The number of phenolic OH excluding ortho intramolecular Hbond substituents is 1. The second-order valence-electron chi connectivity index (χ2n) is 8.26. The number of alkyl halides is 3. The van der Waals surface area contributed by atoms with Crippen molar-refractivity contribution in [1.82, 2.24) is 4.90 Å². The van der Waals surface area contributed by atoms with E-state index in [0.29, 0.717) is 40.1 Å². The molecule has 0 spiro atoms. The number of halogens is 3. The van der Waals surface area contributed by atoms with E-state index in [1.807, 2.05) is 0 Å². The molecule has 0 bridgehead atoms. The molecule has 3 aromatic carbocycles. The van der Waals surface area contributed by atoms with Crippen molar-refractivity contribution < 1.29 is 42.1 Å². The van der Waals surface area contributed by atoms with Crippen LogP contribution in [0.5, 0.6) is 17.2 Å². The molecular weight excluding hydrogens is 537 g/mol. The number of ether oxygens (including phenoxy) is 2. The second kappa shape index (κ2) is 11.1. The third-order valence-corrected chi connectivity index (χ3v) is 6.61. The summed E-state index contributed by atoms with van der Waals surface area (Å²) in [6.07, 6.45) is -3.10. The lowest BCUT2D eigenvalue weighted by Gasteiger charge is -2.13. The molecule has 0 radical (unpaired) electrons. The van der Waals surface area contributed by atoms with E-state index in [0.717, 1.165) is 17.0 Å². The first-order valence-electron chi connectivity index (χ1n) is 11.3. The third-order valence-electron chi connectivity index (χ3n) is 5.70. The predicted octanol–water partition coefficient (Wildman–Crippen LogP) is 5.92. The minimum absolute atomic E-state index is 0.0591. The molecule has 3 aromatic rings. The lowest BCUT2D eigenvalue weighted by atomic mass is 10.1. The molecule has 0 atom stereocenters. The number of imide groups is 1. The van der Waals surface area contributed by atoms with Crippen LogP contribution in [0.3, 0.4) is 0 Å². The topological polar surface area (TPSA) is 105 Å². The molecule has 8 nitrogen and oxygen atoms in total. The highest BCUT2D eigenvalue weighted by Gasteiger charge is 2.35. The van der Waals surface area contributed by atoms with Gasteiger partial charge in [0.2, 0.25) is 0 Å². The third kappa shape index (κ3) is 6.17. The van der Waals surface area contributed by atoms with Crippen LogP contribution in [0.25, 0.3) is 6.08 Å². The number of anilines is 1. The van der Waals surface area contributed by atoms with Crippen molar-refractivity contribution in [2.45, 2.75) is 12.7 Å². The molecule has 0 aromatic heterocycles. The van der Waals surface area contributed by atoms with E-state index >= 15 is 0 Å². The van der Waals surface area contributed by atoms with Crippen LogP contribution in [0.15, 0.2) is 65.6 Å². The van der Waals surface area contributed by atoms with E-state index in [4.69, 9.17) is 9.47 Å². The summed E-state index contributed by atoms with van der Waals surface area (Å²) < 4.78 is 48.8. The Morgan fingerprint density at radius 2 is 1.69 bits per heavy atom. The highest BCUT2D eigenvalue weighted by atomic mass is 32.2. The fourth-order valence-corrected chi connectivity index (χ4v) is 4.55. The van der Waals surface area contributed by atoms with Crippen LogP contribution in [-0.4, -0.2) is 41.3 Å². The van der Waals surface area contributed by atoms with E-state index in [1.165, 1.54) is 50.6 Å². The number of amides is 3. The molecule has 2 N–H and O–H groups in total. The lowest BCUT2D eigenvalue weighted by molar-refractivity contribution is -0.137. The van der Waals surface area contributed by atoms with Crippen LogP contribution < -0.4 is 14.8 Å². The van der Waals surface area contributed by atoms with E-state index in [1.54, 1.807) is 18.2 Å². The molecule has 1 fully saturated rings. The summed E-state index contributed by atoms with van der Waals surface area (Å²) in [4.78, 5) is 39.2. The summed E-state index contributed by atoms with van der Waals surface area (Å²) in [6.45, 7) is -0.200. The fraction of sp³-hybridized carbons (Fsp3) is 0.148. The largest absolute Gasteiger partial charge is 0.507 e. The molecule has 1 aliphatic rings. The van der Waals surface area contributed by atoms with Crippen molar-refractivity contribution in [2.24, 2.45) is 0 Å². The summed E-state index contributed by atoms with van der Waals surface area (Å²) in [7, 11) is 2.92. The van der Waals surface area contributed by atoms with Gasteiger partial charge in [0.25, 0.3) is 17.1 Å². The Balaban J connectivity index is 1.51. The van der Waals surface area contributed by atoms with Gasteiger partial charge in [0.15, 0.2) is 11.5 Å². The smallest absolute Gasteiger partial charge is 0.416 e. The molecule has 1 saturated heterocycles. The molecule has 1 heterocycles. The van der Waals surface area contributed by atoms with Gasteiger partial charge in [0.05, 0.1) is 36.8 Å². The van der Waals surface area contributed by atoms with Gasteiger partial charge in [0, 0.05) is 11.8 Å². The zero-order chi connectivity index (χ0) is 28.3. The number of rotatable bonds is 7. The number of phenols is 1. The highest BCUT2D eigenvalue weighted by Crippen LogP contribution is 2.35.